The molecule has 2 heterocycles. The third kappa shape index (κ3) is 4.57. The van der Waals surface area contributed by atoms with Crippen molar-refractivity contribution in [3.63, 3.8) is 0 Å². The number of benzene rings is 3. The van der Waals surface area contributed by atoms with Crippen LogP contribution < -0.4 is 0 Å². The van der Waals surface area contributed by atoms with Crippen LogP contribution in [0.25, 0.3) is 11.5 Å². The highest BCUT2D eigenvalue weighted by Gasteiger charge is 2.36. The molecule has 11 heteroatoms. The quantitative estimate of drug-likeness (QED) is 0.157. The largest absolute Gasteiger partial charge is 0.449 e. The number of hydrogen-bond donors (Lipinski definition) is 0. The SMILES string of the molecule is CC(OC(=O)c1ccc2c(c1)C(=O)N(Cc1ccccc1)C2=O)c1nnc(-c2ccc([N+](=O)[O-])cc2)o1. The Morgan fingerprint density at radius 1 is 1.00 bits per heavy atom. The van der Waals surface area contributed by atoms with E-state index in [2.05, 4.69) is 10.2 Å². The van der Waals surface area contributed by atoms with Gasteiger partial charge in [0.2, 0.25) is 5.89 Å². The molecule has 1 aliphatic heterocycles. The number of hydrogen-bond acceptors (Lipinski definition) is 9. The first kappa shape index (κ1) is 23.5. The molecule has 0 spiro atoms. The normalized spacial score (nSPS) is 13.4. The van der Waals surface area contributed by atoms with Crippen LogP contribution in [0.2, 0.25) is 0 Å². The van der Waals surface area contributed by atoms with E-state index in [0.29, 0.717) is 5.56 Å². The van der Waals surface area contributed by atoms with Gasteiger partial charge >= 0.3 is 5.97 Å². The van der Waals surface area contributed by atoms with Crippen LogP contribution in [0.1, 0.15) is 55.6 Å². The number of carbonyl (C=O) groups excluding carboxylic acids is 3. The van der Waals surface area contributed by atoms with E-state index in [0.717, 1.165) is 10.5 Å². The van der Waals surface area contributed by atoms with Gasteiger partial charge in [0, 0.05) is 17.7 Å². The van der Waals surface area contributed by atoms with Gasteiger partial charge in [-0.05, 0) is 42.8 Å². The molecule has 0 N–H and O–H groups in total. The monoisotopic (exact) mass is 498 g/mol. The fourth-order valence-electron chi connectivity index (χ4n) is 3.85. The molecule has 1 atom stereocenters. The minimum absolute atomic E-state index is 0.0168. The number of rotatable bonds is 7. The van der Waals surface area contributed by atoms with Gasteiger partial charge in [0.25, 0.3) is 23.4 Å². The number of imide groups is 1. The van der Waals surface area contributed by atoms with Crippen molar-refractivity contribution < 1.29 is 28.5 Å². The Bertz CT molecular complexity index is 1530. The molecule has 0 fully saturated rings. The van der Waals surface area contributed by atoms with E-state index in [1.54, 1.807) is 0 Å². The first-order chi connectivity index (χ1) is 17.8. The highest BCUT2D eigenvalue weighted by atomic mass is 16.6. The Hall–Kier alpha value is -5.19. The van der Waals surface area contributed by atoms with E-state index < -0.39 is 28.8 Å². The minimum atomic E-state index is -0.924. The summed E-state index contributed by atoms with van der Waals surface area (Å²) in [4.78, 5) is 49.9. The number of nitro groups is 1. The molecule has 11 nitrogen and oxygen atoms in total. The number of ether oxygens (including phenoxy) is 1. The molecule has 1 aromatic heterocycles. The highest BCUT2D eigenvalue weighted by molar-refractivity contribution is 6.21. The van der Waals surface area contributed by atoms with E-state index in [1.165, 1.54) is 49.4 Å². The fraction of sp³-hybridized carbons (Fsp3) is 0.115. The van der Waals surface area contributed by atoms with Crippen LogP contribution in [0, 0.1) is 10.1 Å². The van der Waals surface area contributed by atoms with Crippen LogP contribution in [0.3, 0.4) is 0 Å². The second kappa shape index (κ2) is 9.46. The lowest BCUT2D eigenvalue weighted by Crippen LogP contribution is -2.29. The van der Waals surface area contributed by atoms with Crippen molar-refractivity contribution in [1.82, 2.24) is 15.1 Å². The van der Waals surface area contributed by atoms with Gasteiger partial charge in [0.15, 0.2) is 6.10 Å². The summed E-state index contributed by atoms with van der Waals surface area (Å²) in [7, 11) is 0. The number of esters is 1. The van der Waals surface area contributed by atoms with Crippen molar-refractivity contribution in [2.45, 2.75) is 19.6 Å². The number of non-ortho nitro benzene ring substituents is 1. The number of nitro benzene ring substituents is 1. The molecule has 37 heavy (non-hydrogen) atoms. The molecular weight excluding hydrogens is 480 g/mol. The topological polar surface area (TPSA) is 146 Å². The van der Waals surface area contributed by atoms with Crippen LogP contribution in [-0.2, 0) is 11.3 Å². The summed E-state index contributed by atoms with van der Waals surface area (Å²) in [6.45, 7) is 1.66. The summed E-state index contributed by atoms with van der Waals surface area (Å²) in [5.41, 5.74) is 1.62. The van der Waals surface area contributed by atoms with Crippen LogP contribution in [0.15, 0.2) is 77.2 Å². The zero-order valence-electron chi connectivity index (χ0n) is 19.4. The van der Waals surface area contributed by atoms with Crippen molar-refractivity contribution in [2.75, 3.05) is 0 Å². The van der Waals surface area contributed by atoms with Gasteiger partial charge in [-0.3, -0.25) is 24.6 Å². The summed E-state index contributed by atoms with van der Waals surface area (Å²) in [5.74, 6) is -1.54. The third-order valence-electron chi connectivity index (χ3n) is 5.79. The van der Waals surface area contributed by atoms with Crippen LogP contribution in [-0.4, -0.2) is 37.8 Å². The maximum absolute atomic E-state index is 12.9. The van der Waals surface area contributed by atoms with Crippen molar-refractivity contribution in [1.29, 1.82) is 0 Å². The molecule has 1 unspecified atom stereocenters. The number of carbonyl (C=O) groups is 3. The van der Waals surface area contributed by atoms with E-state index in [9.17, 15) is 24.5 Å². The molecule has 0 saturated heterocycles. The molecule has 2 amide bonds. The van der Waals surface area contributed by atoms with Gasteiger partial charge in [0.1, 0.15) is 0 Å². The average Bonchev–Trinajstić information content (AvgIpc) is 3.49. The summed E-state index contributed by atoms with van der Waals surface area (Å²) in [5, 5.41) is 18.6. The smallest absolute Gasteiger partial charge is 0.338 e. The molecule has 1 aliphatic rings. The molecule has 0 bridgehead atoms. The van der Waals surface area contributed by atoms with E-state index in [1.807, 2.05) is 30.3 Å². The van der Waals surface area contributed by atoms with Gasteiger partial charge in [-0.2, -0.15) is 0 Å². The molecule has 5 rings (SSSR count). The number of aromatic nitrogens is 2. The lowest BCUT2D eigenvalue weighted by atomic mass is 10.1. The summed E-state index contributed by atoms with van der Waals surface area (Å²) in [6.07, 6.45) is -0.924. The van der Waals surface area contributed by atoms with Crippen molar-refractivity contribution in [3.05, 3.63) is 111 Å². The first-order valence-corrected chi connectivity index (χ1v) is 11.1. The number of fused-ring (bicyclic) bond motifs is 1. The summed E-state index contributed by atoms with van der Waals surface area (Å²) < 4.78 is 11.0. The summed E-state index contributed by atoms with van der Waals surface area (Å²) in [6, 6.07) is 18.9. The van der Waals surface area contributed by atoms with Gasteiger partial charge < -0.3 is 9.15 Å². The minimum Gasteiger partial charge on any atom is -0.449 e. The van der Waals surface area contributed by atoms with Crippen LogP contribution in [0.5, 0.6) is 0 Å². The fourth-order valence-corrected chi connectivity index (χ4v) is 3.85. The van der Waals surface area contributed by atoms with Gasteiger partial charge in [-0.25, -0.2) is 4.79 Å². The number of amides is 2. The Morgan fingerprint density at radius 3 is 2.41 bits per heavy atom. The Balaban J connectivity index is 1.28. The van der Waals surface area contributed by atoms with Crippen LogP contribution >= 0.6 is 0 Å². The van der Waals surface area contributed by atoms with Crippen molar-refractivity contribution in [2.24, 2.45) is 0 Å². The van der Waals surface area contributed by atoms with Crippen LogP contribution in [0.4, 0.5) is 5.69 Å². The zero-order chi connectivity index (χ0) is 26.1. The molecular formula is C26H18N4O7. The average molecular weight is 498 g/mol. The van der Waals surface area contributed by atoms with Gasteiger partial charge in [-0.15, -0.1) is 10.2 Å². The predicted molar refractivity (Wildman–Crippen MR) is 127 cm³/mol. The predicted octanol–water partition coefficient (Wildman–Crippen LogP) is 4.36. The zero-order valence-corrected chi connectivity index (χ0v) is 19.4. The Labute approximate surface area is 209 Å². The third-order valence-corrected chi connectivity index (χ3v) is 5.79. The molecule has 0 aliphatic carbocycles. The lowest BCUT2D eigenvalue weighted by molar-refractivity contribution is -0.384. The van der Waals surface area contributed by atoms with E-state index >= 15 is 0 Å². The first-order valence-electron chi connectivity index (χ1n) is 11.1. The molecule has 0 radical (unpaired) electrons. The van der Waals surface area contributed by atoms with E-state index in [4.69, 9.17) is 9.15 Å². The maximum atomic E-state index is 12.9. The lowest BCUT2D eigenvalue weighted by Gasteiger charge is -2.13. The second-order valence-corrected chi connectivity index (χ2v) is 8.24. The molecule has 184 valence electrons. The van der Waals surface area contributed by atoms with E-state index in [-0.39, 0.29) is 40.7 Å². The Morgan fingerprint density at radius 2 is 1.70 bits per heavy atom. The van der Waals surface area contributed by atoms with Gasteiger partial charge in [-0.1, -0.05) is 30.3 Å². The second-order valence-electron chi connectivity index (χ2n) is 8.24. The number of nitrogens with zero attached hydrogens (tertiary/aromatic N) is 4. The molecule has 4 aromatic rings. The maximum Gasteiger partial charge on any atom is 0.338 e. The Kier molecular flexibility index (Phi) is 6.02. The van der Waals surface area contributed by atoms with Gasteiger partial charge in [0.05, 0.1) is 28.2 Å². The standard InChI is InChI=1S/C26H18N4O7/c1-15(22-27-28-23(37-22)17-7-10-19(11-8-17)30(34)35)36-26(33)18-9-12-20-21(13-18)25(32)29(24(20)31)14-16-5-3-2-4-6-16/h2-13,15H,14H2,1H3. The van der Waals surface area contributed by atoms with Crippen molar-refractivity contribution >= 4 is 23.5 Å². The summed E-state index contributed by atoms with van der Waals surface area (Å²) >= 11 is 0. The molecule has 0 saturated carbocycles. The molecule has 3 aromatic carbocycles. The van der Waals surface area contributed by atoms with Crippen molar-refractivity contribution in [3.8, 4) is 11.5 Å². The highest BCUT2D eigenvalue weighted by Crippen LogP contribution is 2.28.